The summed E-state index contributed by atoms with van der Waals surface area (Å²) >= 11 is 4.87. The molecule has 1 aliphatic heterocycles. The van der Waals surface area contributed by atoms with E-state index in [0.29, 0.717) is 11.7 Å². The van der Waals surface area contributed by atoms with Crippen molar-refractivity contribution in [3.63, 3.8) is 0 Å². The van der Waals surface area contributed by atoms with Crippen LogP contribution in [0.1, 0.15) is 23.8 Å². The molecule has 0 aliphatic carbocycles. The van der Waals surface area contributed by atoms with Gasteiger partial charge in [-0.25, -0.2) is 15.0 Å². The van der Waals surface area contributed by atoms with Gasteiger partial charge in [0.2, 0.25) is 5.91 Å². The molecule has 5 rings (SSSR count). The maximum atomic E-state index is 12.8. The summed E-state index contributed by atoms with van der Waals surface area (Å²) in [7, 11) is 0. The highest BCUT2D eigenvalue weighted by Gasteiger charge is 2.27. The number of hydrogen-bond acceptors (Lipinski definition) is 7. The molecule has 0 saturated carbocycles. The first kappa shape index (κ1) is 18.0. The van der Waals surface area contributed by atoms with Gasteiger partial charge in [0.1, 0.15) is 16.2 Å². The molecule has 1 amide bonds. The van der Waals surface area contributed by atoms with Gasteiger partial charge in [0.25, 0.3) is 0 Å². The number of benzene rings is 1. The van der Waals surface area contributed by atoms with E-state index in [2.05, 4.69) is 28.2 Å². The van der Waals surface area contributed by atoms with Crippen molar-refractivity contribution in [3.05, 3.63) is 47.0 Å². The van der Waals surface area contributed by atoms with E-state index in [1.165, 1.54) is 16.5 Å². The summed E-state index contributed by atoms with van der Waals surface area (Å²) in [5.41, 5.74) is 1.06. The number of thiazole rings is 1. The van der Waals surface area contributed by atoms with Gasteiger partial charge in [-0.15, -0.1) is 22.7 Å². The van der Waals surface area contributed by atoms with Crippen LogP contribution in [0.5, 0.6) is 0 Å². The van der Waals surface area contributed by atoms with Gasteiger partial charge in [-0.2, -0.15) is 0 Å². The van der Waals surface area contributed by atoms with Crippen molar-refractivity contribution in [3.8, 4) is 0 Å². The van der Waals surface area contributed by atoms with E-state index in [4.69, 9.17) is 4.98 Å². The summed E-state index contributed by atoms with van der Waals surface area (Å²) in [5, 5.41) is 5.09. The van der Waals surface area contributed by atoms with Crippen molar-refractivity contribution in [2.45, 2.75) is 23.8 Å². The lowest BCUT2D eigenvalue weighted by atomic mass is 9.99. The van der Waals surface area contributed by atoms with Gasteiger partial charge >= 0.3 is 0 Å². The molecule has 0 spiro atoms. The van der Waals surface area contributed by atoms with E-state index in [-0.39, 0.29) is 5.91 Å². The van der Waals surface area contributed by atoms with E-state index in [1.54, 1.807) is 29.0 Å². The number of rotatable bonds is 4. The molecule has 5 nitrogen and oxygen atoms in total. The van der Waals surface area contributed by atoms with E-state index in [9.17, 15) is 4.79 Å². The number of carbonyl (C=O) groups excluding carboxylic acids is 1. The Morgan fingerprint density at radius 3 is 3.11 bits per heavy atom. The molecule has 28 heavy (non-hydrogen) atoms. The first-order valence-electron chi connectivity index (χ1n) is 9.22. The molecular weight excluding hydrogens is 408 g/mol. The number of hydrogen-bond donors (Lipinski definition) is 0. The molecule has 1 aromatic carbocycles. The van der Waals surface area contributed by atoms with Gasteiger partial charge in [-0.05, 0) is 36.4 Å². The number of amides is 1. The molecule has 1 aliphatic rings. The Morgan fingerprint density at radius 2 is 2.18 bits per heavy atom. The van der Waals surface area contributed by atoms with Crippen LogP contribution in [0.25, 0.3) is 20.4 Å². The van der Waals surface area contributed by atoms with Crippen LogP contribution in [-0.2, 0) is 4.79 Å². The number of para-hydroxylation sites is 1. The van der Waals surface area contributed by atoms with Crippen molar-refractivity contribution < 1.29 is 4.79 Å². The molecule has 0 radical (unpaired) electrons. The highest BCUT2D eigenvalue weighted by molar-refractivity contribution is 8.00. The van der Waals surface area contributed by atoms with Gasteiger partial charge in [0.15, 0.2) is 0 Å². The quantitative estimate of drug-likeness (QED) is 0.347. The van der Waals surface area contributed by atoms with Crippen molar-refractivity contribution in [1.82, 2.24) is 19.9 Å². The standard InChI is InChI=1S/C20H18N4OS3/c25-17(11-27-20-14-7-9-26-19(14)21-12-22-20)24-8-3-4-13(10-24)18-23-15-5-1-2-6-16(15)28-18/h1-2,5-7,9,12-13H,3-4,8,10-11H2/t13-/m0/s1. The largest absolute Gasteiger partial charge is 0.341 e. The Balaban J connectivity index is 1.26. The van der Waals surface area contributed by atoms with Crippen molar-refractivity contribution in [1.29, 1.82) is 0 Å². The van der Waals surface area contributed by atoms with Crippen LogP contribution in [0, 0.1) is 0 Å². The highest BCUT2D eigenvalue weighted by atomic mass is 32.2. The third-order valence-electron chi connectivity index (χ3n) is 4.99. The number of thioether (sulfide) groups is 1. The molecule has 1 saturated heterocycles. The minimum absolute atomic E-state index is 0.179. The van der Waals surface area contributed by atoms with E-state index in [1.807, 2.05) is 22.4 Å². The fourth-order valence-electron chi connectivity index (χ4n) is 3.57. The first-order valence-corrected chi connectivity index (χ1v) is 11.9. The van der Waals surface area contributed by atoms with Gasteiger partial charge in [0.05, 0.1) is 21.0 Å². The zero-order chi connectivity index (χ0) is 18.9. The fraction of sp³-hybridized carbons (Fsp3) is 0.300. The van der Waals surface area contributed by atoms with Crippen molar-refractivity contribution >= 4 is 60.8 Å². The third-order valence-corrected chi connectivity index (χ3v) is 8.00. The predicted octanol–water partition coefficient (Wildman–Crippen LogP) is 4.80. The van der Waals surface area contributed by atoms with Crippen LogP contribution >= 0.6 is 34.4 Å². The molecule has 0 bridgehead atoms. The van der Waals surface area contributed by atoms with E-state index < -0.39 is 0 Å². The number of aromatic nitrogens is 3. The van der Waals surface area contributed by atoms with Crippen LogP contribution in [0.15, 0.2) is 47.1 Å². The lowest BCUT2D eigenvalue weighted by molar-refractivity contribution is -0.129. The number of fused-ring (bicyclic) bond motifs is 2. The number of piperidine rings is 1. The van der Waals surface area contributed by atoms with E-state index in [0.717, 1.165) is 51.7 Å². The molecule has 4 heterocycles. The van der Waals surface area contributed by atoms with Gasteiger partial charge in [-0.1, -0.05) is 23.9 Å². The summed E-state index contributed by atoms with van der Waals surface area (Å²) in [6.07, 6.45) is 3.70. The molecule has 4 aromatic rings. The molecular formula is C20H18N4OS3. The second-order valence-electron chi connectivity index (χ2n) is 6.81. The Kier molecular flexibility index (Phi) is 5.00. The summed E-state index contributed by atoms with van der Waals surface area (Å²) in [6.45, 7) is 1.59. The average molecular weight is 427 g/mol. The summed E-state index contributed by atoms with van der Waals surface area (Å²) in [6, 6.07) is 10.3. The third kappa shape index (κ3) is 3.52. The molecule has 1 atom stereocenters. The number of likely N-dealkylation sites (tertiary alicyclic amines) is 1. The zero-order valence-corrected chi connectivity index (χ0v) is 17.5. The van der Waals surface area contributed by atoms with Gasteiger partial charge in [0, 0.05) is 24.4 Å². The molecule has 8 heteroatoms. The molecule has 0 N–H and O–H groups in total. The minimum atomic E-state index is 0.179. The number of thiophene rings is 1. The lowest BCUT2D eigenvalue weighted by Crippen LogP contribution is -2.40. The van der Waals surface area contributed by atoms with Crippen LogP contribution < -0.4 is 0 Å². The van der Waals surface area contributed by atoms with Crippen molar-refractivity contribution in [2.24, 2.45) is 0 Å². The zero-order valence-electron chi connectivity index (χ0n) is 15.1. The van der Waals surface area contributed by atoms with E-state index >= 15 is 0 Å². The maximum Gasteiger partial charge on any atom is 0.233 e. The van der Waals surface area contributed by atoms with Gasteiger partial charge in [-0.3, -0.25) is 4.79 Å². The Hall–Kier alpha value is -2.03. The first-order chi connectivity index (χ1) is 13.8. The Morgan fingerprint density at radius 1 is 1.25 bits per heavy atom. The van der Waals surface area contributed by atoms with Crippen molar-refractivity contribution in [2.75, 3.05) is 18.8 Å². The molecule has 0 unspecified atom stereocenters. The number of nitrogens with zero attached hydrogens (tertiary/aromatic N) is 4. The smallest absolute Gasteiger partial charge is 0.233 e. The summed E-state index contributed by atoms with van der Waals surface area (Å²) < 4.78 is 1.22. The average Bonchev–Trinajstić information content (AvgIpc) is 3.39. The SMILES string of the molecule is O=C(CSc1ncnc2sccc12)N1CCC[C@H](c2nc3ccccc3s2)C1. The Bertz CT molecular complexity index is 1110. The van der Waals surface area contributed by atoms with Crippen LogP contribution in [0.4, 0.5) is 0 Å². The monoisotopic (exact) mass is 426 g/mol. The minimum Gasteiger partial charge on any atom is -0.341 e. The topological polar surface area (TPSA) is 59.0 Å². The second kappa shape index (κ2) is 7.77. The fourth-order valence-corrected chi connectivity index (χ4v) is 6.35. The van der Waals surface area contributed by atoms with Gasteiger partial charge < -0.3 is 4.90 Å². The summed E-state index contributed by atoms with van der Waals surface area (Å²) in [5.74, 6) is 0.926. The normalized spacial score (nSPS) is 17.4. The van der Waals surface area contributed by atoms with Crippen LogP contribution in [-0.4, -0.2) is 44.6 Å². The predicted molar refractivity (Wildman–Crippen MR) is 116 cm³/mol. The molecule has 3 aromatic heterocycles. The second-order valence-corrected chi connectivity index (χ2v) is 9.73. The number of carbonyl (C=O) groups is 1. The lowest BCUT2D eigenvalue weighted by Gasteiger charge is -2.31. The highest BCUT2D eigenvalue weighted by Crippen LogP contribution is 2.33. The maximum absolute atomic E-state index is 12.8. The van der Waals surface area contributed by atoms with Crippen LogP contribution in [0.3, 0.4) is 0 Å². The molecule has 1 fully saturated rings. The van der Waals surface area contributed by atoms with Crippen LogP contribution in [0.2, 0.25) is 0 Å². The molecule has 142 valence electrons. The summed E-state index contributed by atoms with van der Waals surface area (Å²) in [4.78, 5) is 29.3. The Labute approximate surface area is 174 Å².